The summed E-state index contributed by atoms with van der Waals surface area (Å²) in [4.78, 5) is 25.4. The second kappa shape index (κ2) is 5.66. The summed E-state index contributed by atoms with van der Waals surface area (Å²) in [7, 11) is 0. The highest BCUT2D eigenvalue weighted by atomic mass is 32.1. The number of morpholine rings is 1. The molecule has 2 atom stereocenters. The molecule has 22 heavy (non-hydrogen) atoms. The van der Waals surface area contributed by atoms with E-state index in [1.807, 2.05) is 13.8 Å². The SMILES string of the molecule is C[C@@H]1CN(C(=O)c2cc3cc([N+](=O)[O-])ccc3s2)C[C@@H](C)O1. The lowest BCUT2D eigenvalue weighted by Crippen LogP contribution is -2.48. The van der Waals surface area contributed by atoms with Crippen molar-refractivity contribution in [2.75, 3.05) is 13.1 Å². The van der Waals surface area contributed by atoms with Crippen LogP contribution in [0.3, 0.4) is 0 Å². The summed E-state index contributed by atoms with van der Waals surface area (Å²) >= 11 is 1.37. The van der Waals surface area contributed by atoms with E-state index in [-0.39, 0.29) is 23.8 Å². The third-order valence-corrected chi connectivity index (χ3v) is 4.73. The number of ether oxygens (including phenoxy) is 1. The number of non-ortho nitro benzene ring substituents is 1. The van der Waals surface area contributed by atoms with Crippen LogP contribution in [-0.2, 0) is 4.74 Å². The number of amides is 1. The molecule has 7 heteroatoms. The van der Waals surface area contributed by atoms with E-state index in [0.717, 1.165) is 10.1 Å². The van der Waals surface area contributed by atoms with Gasteiger partial charge in [-0.1, -0.05) is 0 Å². The van der Waals surface area contributed by atoms with Gasteiger partial charge in [-0.05, 0) is 26.0 Å². The van der Waals surface area contributed by atoms with Crippen LogP contribution in [0.15, 0.2) is 24.3 Å². The fraction of sp³-hybridized carbons (Fsp3) is 0.400. The smallest absolute Gasteiger partial charge is 0.270 e. The lowest BCUT2D eigenvalue weighted by molar-refractivity contribution is -0.384. The highest BCUT2D eigenvalue weighted by Gasteiger charge is 2.27. The Hall–Kier alpha value is -1.99. The van der Waals surface area contributed by atoms with Gasteiger partial charge in [0.15, 0.2) is 0 Å². The lowest BCUT2D eigenvalue weighted by atomic mass is 10.2. The first kappa shape index (κ1) is 14.9. The first-order valence-electron chi connectivity index (χ1n) is 7.07. The quantitative estimate of drug-likeness (QED) is 0.630. The maximum absolute atomic E-state index is 12.6. The number of rotatable bonds is 2. The molecule has 0 spiro atoms. The minimum Gasteiger partial charge on any atom is -0.372 e. The second-order valence-electron chi connectivity index (χ2n) is 5.56. The second-order valence-corrected chi connectivity index (χ2v) is 6.64. The summed E-state index contributed by atoms with van der Waals surface area (Å²) in [6.07, 6.45) is 0.0336. The monoisotopic (exact) mass is 320 g/mol. The van der Waals surface area contributed by atoms with E-state index in [1.165, 1.54) is 23.5 Å². The highest BCUT2D eigenvalue weighted by molar-refractivity contribution is 7.20. The maximum Gasteiger partial charge on any atom is 0.270 e. The number of carbonyl (C=O) groups is 1. The van der Waals surface area contributed by atoms with Crippen LogP contribution in [0.4, 0.5) is 5.69 Å². The highest BCUT2D eigenvalue weighted by Crippen LogP contribution is 2.30. The molecule has 1 fully saturated rings. The molecule has 2 heterocycles. The Bertz CT molecular complexity index is 732. The van der Waals surface area contributed by atoms with E-state index in [9.17, 15) is 14.9 Å². The van der Waals surface area contributed by atoms with Gasteiger partial charge >= 0.3 is 0 Å². The lowest BCUT2D eigenvalue weighted by Gasteiger charge is -2.35. The van der Waals surface area contributed by atoms with Crippen LogP contribution in [0.2, 0.25) is 0 Å². The molecule has 1 saturated heterocycles. The predicted octanol–water partition coefficient (Wildman–Crippen LogP) is 3.06. The van der Waals surface area contributed by atoms with Gasteiger partial charge in [-0.2, -0.15) is 0 Å². The molecule has 1 aromatic heterocycles. The van der Waals surface area contributed by atoms with Crippen LogP contribution in [0.5, 0.6) is 0 Å². The molecule has 0 bridgehead atoms. The number of hydrogen-bond donors (Lipinski definition) is 0. The van der Waals surface area contributed by atoms with Gasteiger partial charge in [0.1, 0.15) is 0 Å². The summed E-state index contributed by atoms with van der Waals surface area (Å²) in [5.74, 6) is -0.0362. The number of nitrogens with zero attached hydrogens (tertiary/aromatic N) is 2. The van der Waals surface area contributed by atoms with E-state index < -0.39 is 4.92 Å². The van der Waals surface area contributed by atoms with Crippen LogP contribution in [0.25, 0.3) is 10.1 Å². The summed E-state index contributed by atoms with van der Waals surface area (Å²) in [6.45, 7) is 5.03. The van der Waals surface area contributed by atoms with Crippen molar-refractivity contribution < 1.29 is 14.5 Å². The third kappa shape index (κ3) is 2.82. The van der Waals surface area contributed by atoms with Crippen molar-refractivity contribution in [3.05, 3.63) is 39.3 Å². The average molecular weight is 320 g/mol. The van der Waals surface area contributed by atoms with Gasteiger partial charge in [0, 0.05) is 35.3 Å². The molecule has 2 aromatic rings. The molecule has 0 unspecified atom stereocenters. The minimum atomic E-state index is -0.427. The van der Waals surface area contributed by atoms with Gasteiger partial charge in [-0.3, -0.25) is 14.9 Å². The predicted molar refractivity (Wildman–Crippen MR) is 84.4 cm³/mol. The number of thiophene rings is 1. The molecular formula is C15H16N2O4S. The van der Waals surface area contributed by atoms with Crippen molar-refractivity contribution in [3.63, 3.8) is 0 Å². The number of hydrogen-bond acceptors (Lipinski definition) is 5. The van der Waals surface area contributed by atoms with Crippen molar-refractivity contribution in [3.8, 4) is 0 Å². The van der Waals surface area contributed by atoms with E-state index in [1.54, 1.807) is 17.0 Å². The first-order valence-corrected chi connectivity index (χ1v) is 7.88. The van der Waals surface area contributed by atoms with Crippen molar-refractivity contribution in [2.45, 2.75) is 26.1 Å². The molecule has 0 aliphatic carbocycles. The van der Waals surface area contributed by atoms with Gasteiger partial charge in [-0.25, -0.2) is 0 Å². The minimum absolute atomic E-state index is 0.0168. The van der Waals surface area contributed by atoms with Crippen LogP contribution >= 0.6 is 11.3 Å². The molecule has 3 rings (SSSR count). The summed E-state index contributed by atoms with van der Waals surface area (Å²) in [6, 6.07) is 6.40. The molecule has 0 N–H and O–H groups in total. The van der Waals surface area contributed by atoms with Gasteiger partial charge in [0.2, 0.25) is 0 Å². The van der Waals surface area contributed by atoms with Gasteiger partial charge in [-0.15, -0.1) is 11.3 Å². The Morgan fingerprint density at radius 1 is 1.32 bits per heavy atom. The normalized spacial score (nSPS) is 22.0. The van der Waals surface area contributed by atoms with Gasteiger partial charge in [0.25, 0.3) is 11.6 Å². The van der Waals surface area contributed by atoms with Crippen LogP contribution < -0.4 is 0 Å². The number of nitro groups is 1. The van der Waals surface area contributed by atoms with E-state index >= 15 is 0 Å². The first-order chi connectivity index (χ1) is 10.4. The van der Waals surface area contributed by atoms with Crippen LogP contribution in [0.1, 0.15) is 23.5 Å². The van der Waals surface area contributed by atoms with Crippen LogP contribution in [0, 0.1) is 10.1 Å². The molecular weight excluding hydrogens is 304 g/mol. The fourth-order valence-electron chi connectivity index (χ4n) is 2.75. The molecule has 1 aliphatic rings. The number of nitro benzene ring substituents is 1. The Kier molecular flexibility index (Phi) is 3.84. The number of fused-ring (bicyclic) bond motifs is 1. The van der Waals surface area contributed by atoms with Crippen molar-refractivity contribution >= 4 is 33.0 Å². The maximum atomic E-state index is 12.6. The van der Waals surface area contributed by atoms with Gasteiger partial charge < -0.3 is 9.64 Å². The summed E-state index contributed by atoms with van der Waals surface area (Å²) < 4.78 is 6.52. The summed E-state index contributed by atoms with van der Waals surface area (Å²) in [5, 5.41) is 11.6. The Morgan fingerprint density at radius 3 is 2.64 bits per heavy atom. The topological polar surface area (TPSA) is 72.7 Å². The number of carbonyl (C=O) groups excluding carboxylic acids is 1. The van der Waals surface area contributed by atoms with E-state index in [0.29, 0.717) is 18.0 Å². The van der Waals surface area contributed by atoms with E-state index in [4.69, 9.17) is 4.74 Å². The number of benzene rings is 1. The van der Waals surface area contributed by atoms with Crippen LogP contribution in [-0.4, -0.2) is 41.0 Å². The molecule has 0 saturated carbocycles. The van der Waals surface area contributed by atoms with Gasteiger partial charge in [0.05, 0.1) is 22.0 Å². The zero-order chi connectivity index (χ0) is 15.9. The van der Waals surface area contributed by atoms with E-state index in [2.05, 4.69) is 0 Å². The zero-order valence-corrected chi connectivity index (χ0v) is 13.1. The zero-order valence-electron chi connectivity index (χ0n) is 12.3. The third-order valence-electron chi connectivity index (χ3n) is 3.63. The molecule has 1 aromatic carbocycles. The van der Waals surface area contributed by atoms with Crippen molar-refractivity contribution in [1.29, 1.82) is 0 Å². The molecule has 1 amide bonds. The molecule has 6 nitrogen and oxygen atoms in total. The summed E-state index contributed by atoms with van der Waals surface area (Å²) in [5.41, 5.74) is 0.0397. The molecule has 0 radical (unpaired) electrons. The average Bonchev–Trinajstić information content (AvgIpc) is 2.88. The largest absolute Gasteiger partial charge is 0.372 e. The molecule has 1 aliphatic heterocycles. The fourth-order valence-corrected chi connectivity index (χ4v) is 3.76. The Balaban J connectivity index is 1.89. The standard InChI is InChI=1S/C15H16N2O4S/c1-9-7-16(8-10(2)21-9)15(18)14-6-11-5-12(17(19)20)3-4-13(11)22-14/h3-6,9-10H,7-8H2,1-2H3/t9-,10-/m1/s1. The molecule has 116 valence electrons. The van der Waals surface area contributed by atoms with Crippen molar-refractivity contribution in [2.24, 2.45) is 0 Å². The Labute approximate surface area is 131 Å². The Morgan fingerprint density at radius 2 is 2.00 bits per heavy atom. The van der Waals surface area contributed by atoms with Crippen molar-refractivity contribution in [1.82, 2.24) is 4.90 Å².